The van der Waals surface area contributed by atoms with E-state index in [-0.39, 0.29) is 0 Å². The molecule has 0 radical (unpaired) electrons. The second-order valence-corrected chi connectivity index (χ2v) is 1.55. The summed E-state index contributed by atoms with van der Waals surface area (Å²) in [5.41, 5.74) is 0. The van der Waals surface area contributed by atoms with Gasteiger partial charge >= 0.3 is 0 Å². The van der Waals surface area contributed by atoms with Crippen molar-refractivity contribution in [2.24, 2.45) is 5.10 Å². The monoisotopic (exact) mass is 100 g/mol. The molecule has 0 atom stereocenters. The van der Waals surface area contributed by atoms with E-state index in [1.807, 2.05) is 20.3 Å². The summed E-state index contributed by atoms with van der Waals surface area (Å²) in [5.74, 6) is 0. The average Bonchev–Trinajstić information content (AvgIpc) is 1.61. The third kappa shape index (κ3) is 5.47. The molecule has 0 aromatic rings. The van der Waals surface area contributed by atoms with Crippen molar-refractivity contribution in [3.63, 3.8) is 0 Å². The summed E-state index contributed by atoms with van der Waals surface area (Å²) in [6.07, 6.45) is 2.89. The van der Waals surface area contributed by atoms with Gasteiger partial charge in [-0.1, -0.05) is 6.92 Å². The van der Waals surface area contributed by atoms with E-state index in [9.17, 15) is 0 Å². The quantitative estimate of drug-likeness (QED) is 0.372. The Morgan fingerprint density at radius 2 is 2.14 bits per heavy atom. The van der Waals surface area contributed by atoms with Crippen LogP contribution in [0.25, 0.3) is 0 Å². The lowest BCUT2D eigenvalue weighted by Crippen LogP contribution is -2.00. The Hall–Kier alpha value is -0.530. The summed E-state index contributed by atoms with van der Waals surface area (Å²) in [4.78, 5) is 0. The molecule has 0 aromatic heterocycles. The fourth-order valence-electron chi connectivity index (χ4n) is 0.245. The smallest absolute Gasteiger partial charge is 0.0244 e. The molecule has 0 unspecified atom stereocenters. The molecule has 0 fully saturated rings. The maximum atomic E-state index is 3.95. The molecule has 0 aliphatic heterocycles. The molecule has 0 amide bonds. The highest BCUT2D eigenvalue weighted by Gasteiger charge is 1.70. The van der Waals surface area contributed by atoms with Gasteiger partial charge in [-0.2, -0.15) is 5.10 Å². The molecule has 0 aromatic carbocycles. The van der Waals surface area contributed by atoms with Crippen LogP contribution in [0.4, 0.5) is 0 Å². The molecule has 0 bridgehead atoms. The minimum absolute atomic E-state index is 1.01. The lowest BCUT2D eigenvalue weighted by molar-refractivity contribution is 0.439. The summed E-state index contributed by atoms with van der Waals surface area (Å²) in [6.45, 7) is 2.06. The van der Waals surface area contributed by atoms with Gasteiger partial charge in [-0.15, -0.1) is 0 Å². The lowest BCUT2D eigenvalue weighted by Gasteiger charge is -1.99. The first kappa shape index (κ1) is 6.47. The number of rotatable bonds is 2. The second kappa shape index (κ2) is 3.65. The van der Waals surface area contributed by atoms with Crippen LogP contribution < -0.4 is 0 Å². The van der Waals surface area contributed by atoms with Gasteiger partial charge in [0.15, 0.2) is 0 Å². The largest absolute Gasteiger partial charge is 0.303 e. The zero-order valence-corrected chi connectivity index (χ0v) is 5.18. The zero-order valence-electron chi connectivity index (χ0n) is 5.18. The zero-order chi connectivity index (χ0) is 5.70. The maximum absolute atomic E-state index is 3.95. The van der Waals surface area contributed by atoms with Crippen LogP contribution in [0.2, 0.25) is 0 Å². The van der Waals surface area contributed by atoms with E-state index in [1.54, 1.807) is 5.01 Å². The van der Waals surface area contributed by atoms with Gasteiger partial charge in [0.2, 0.25) is 0 Å². The van der Waals surface area contributed by atoms with E-state index >= 15 is 0 Å². The summed E-state index contributed by atoms with van der Waals surface area (Å²) >= 11 is 0. The van der Waals surface area contributed by atoms with Crippen molar-refractivity contribution in [3.05, 3.63) is 0 Å². The summed E-state index contributed by atoms with van der Waals surface area (Å²) in [6, 6.07) is 0. The van der Waals surface area contributed by atoms with Gasteiger partial charge in [0.25, 0.3) is 0 Å². The second-order valence-electron chi connectivity index (χ2n) is 1.55. The van der Waals surface area contributed by atoms with Gasteiger partial charge in [-0.25, -0.2) is 0 Å². The SMILES string of the molecule is CC/C=N\N(C)C. The van der Waals surface area contributed by atoms with Crippen molar-refractivity contribution in [1.29, 1.82) is 0 Å². The Labute approximate surface area is 44.8 Å². The van der Waals surface area contributed by atoms with Gasteiger partial charge in [0.05, 0.1) is 0 Å². The summed E-state index contributed by atoms with van der Waals surface area (Å²) < 4.78 is 0. The Morgan fingerprint density at radius 1 is 1.57 bits per heavy atom. The van der Waals surface area contributed by atoms with E-state index < -0.39 is 0 Å². The first-order valence-electron chi connectivity index (χ1n) is 2.47. The van der Waals surface area contributed by atoms with Gasteiger partial charge in [-0.05, 0) is 6.42 Å². The normalized spacial score (nSPS) is 10.1. The Balaban J connectivity index is 3.08. The number of nitrogens with zero attached hydrogens (tertiary/aromatic N) is 2. The molecule has 2 nitrogen and oxygen atoms in total. The first-order valence-corrected chi connectivity index (χ1v) is 2.47. The summed E-state index contributed by atoms with van der Waals surface area (Å²) in [5, 5.41) is 5.73. The maximum Gasteiger partial charge on any atom is 0.0244 e. The van der Waals surface area contributed by atoms with Crippen molar-refractivity contribution in [3.8, 4) is 0 Å². The van der Waals surface area contributed by atoms with Crippen LogP contribution in [-0.2, 0) is 0 Å². The van der Waals surface area contributed by atoms with E-state index in [0.717, 1.165) is 6.42 Å². The molecule has 0 N–H and O–H groups in total. The van der Waals surface area contributed by atoms with Crippen LogP contribution in [0.3, 0.4) is 0 Å². The summed E-state index contributed by atoms with van der Waals surface area (Å²) in [7, 11) is 3.82. The number of hydrazone groups is 1. The van der Waals surface area contributed by atoms with Crippen molar-refractivity contribution >= 4 is 6.21 Å². The van der Waals surface area contributed by atoms with Crippen LogP contribution in [-0.4, -0.2) is 25.3 Å². The molecule has 0 heterocycles. The molecule has 42 valence electrons. The molecule has 0 rings (SSSR count). The molecule has 0 saturated carbocycles. The number of hydrogen-bond donors (Lipinski definition) is 0. The highest BCUT2D eigenvalue weighted by molar-refractivity contribution is 5.55. The third-order valence-electron chi connectivity index (χ3n) is 0.495. The minimum Gasteiger partial charge on any atom is -0.303 e. The standard InChI is InChI=1S/C5H12N2/c1-4-5-6-7(2)3/h5H,4H2,1-3H3/b6-5-. The van der Waals surface area contributed by atoms with Crippen LogP contribution >= 0.6 is 0 Å². The van der Waals surface area contributed by atoms with E-state index in [4.69, 9.17) is 0 Å². The Bertz CT molecular complexity index is 57.1. The highest BCUT2D eigenvalue weighted by atomic mass is 15.4. The van der Waals surface area contributed by atoms with Gasteiger partial charge in [0, 0.05) is 20.3 Å². The van der Waals surface area contributed by atoms with Crippen molar-refractivity contribution in [2.45, 2.75) is 13.3 Å². The fourth-order valence-corrected chi connectivity index (χ4v) is 0.245. The molecule has 2 heteroatoms. The molecular formula is C5H12N2. The number of hydrogen-bond acceptors (Lipinski definition) is 2. The van der Waals surface area contributed by atoms with Crippen LogP contribution in [0, 0.1) is 0 Å². The first-order chi connectivity index (χ1) is 3.27. The predicted octanol–water partition coefficient (Wildman–Crippen LogP) is 0.944. The molecule has 0 aliphatic rings. The molecule has 0 spiro atoms. The van der Waals surface area contributed by atoms with Crippen molar-refractivity contribution in [2.75, 3.05) is 14.1 Å². The van der Waals surface area contributed by atoms with Crippen LogP contribution in [0.1, 0.15) is 13.3 Å². The third-order valence-corrected chi connectivity index (χ3v) is 0.495. The Kier molecular flexibility index (Phi) is 3.38. The molecular weight excluding hydrogens is 88.1 g/mol. The average molecular weight is 100 g/mol. The van der Waals surface area contributed by atoms with E-state index in [2.05, 4.69) is 12.0 Å². The van der Waals surface area contributed by atoms with Crippen LogP contribution in [0.15, 0.2) is 5.10 Å². The van der Waals surface area contributed by atoms with Gasteiger partial charge in [-0.3, -0.25) is 0 Å². The highest BCUT2D eigenvalue weighted by Crippen LogP contribution is 1.72. The van der Waals surface area contributed by atoms with Gasteiger partial charge < -0.3 is 5.01 Å². The van der Waals surface area contributed by atoms with Crippen molar-refractivity contribution < 1.29 is 0 Å². The van der Waals surface area contributed by atoms with Crippen molar-refractivity contribution in [1.82, 2.24) is 5.01 Å². The fraction of sp³-hybridized carbons (Fsp3) is 0.800. The predicted molar refractivity (Wildman–Crippen MR) is 32.5 cm³/mol. The van der Waals surface area contributed by atoms with Gasteiger partial charge in [0.1, 0.15) is 0 Å². The minimum atomic E-state index is 1.01. The Morgan fingerprint density at radius 3 is 2.29 bits per heavy atom. The van der Waals surface area contributed by atoms with E-state index in [1.165, 1.54) is 0 Å². The topological polar surface area (TPSA) is 15.6 Å². The van der Waals surface area contributed by atoms with Crippen LogP contribution in [0.5, 0.6) is 0 Å². The lowest BCUT2D eigenvalue weighted by atomic mass is 10.6. The molecule has 0 saturated heterocycles. The molecule has 7 heavy (non-hydrogen) atoms. The van der Waals surface area contributed by atoms with E-state index in [0.29, 0.717) is 0 Å². The molecule has 0 aliphatic carbocycles.